The second kappa shape index (κ2) is 4.20. The highest BCUT2D eigenvalue weighted by atomic mass is 16.5. The summed E-state index contributed by atoms with van der Waals surface area (Å²) in [6.07, 6.45) is 3.22. The maximum atomic E-state index is 12.6. The Morgan fingerprint density at radius 2 is 2.17 bits per heavy atom. The van der Waals surface area contributed by atoms with E-state index in [9.17, 15) is 4.79 Å². The van der Waals surface area contributed by atoms with Crippen LogP contribution in [0.2, 0.25) is 0 Å². The predicted octanol–water partition coefficient (Wildman–Crippen LogP) is 0.917. The maximum Gasteiger partial charge on any atom is 0.230 e. The standard InChI is InChI=1S/C14H24N2O2/c1-13(2)5-11(6-13)16-12(17)14-8-15-7-10(14)3-4-18-9-14/h10-11,15H,3-9H2,1-2H3,(H,16,17)/t10-,14+/m1/s1. The molecule has 3 aliphatic rings. The molecule has 0 radical (unpaired) electrons. The summed E-state index contributed by atoms with van der Waals surface area (Å²) in [6.45, 7) is 7.66. The third-order valence-corrected chi connectivity index (χ3v) is 4.97. The van der Waals surface area contributed by atoms with E-state index in [-0.39, 0.29) is 11.3 Å². The molecule has 2 saturated heterocycles. The topological polar surface area (TPSA) is 50.4 Å². The molecule has 0 aromatic carbocycles. The van der Waals surface area contributed by atoms with Crippen molar-refractivity contribution in [2.24, 2.45) is 16.7 Å². The molecular weight excluding hydrogens is 228 g/mol. The highest BCUT2D eigenvalue weighted by Gasteiger charge is 2.52. The van der Waals surface area contributed by atoms with Crippen molar-refractivity contribution in [3.8, 4) is 0 Å². The molecule has 3 fully saturated rings. The number of fused-ring (bicyclic) bond motifs is 1. The zero-order valence-electron chi connectivity index (χ0n) is 11.4. The molecule has 102 valence electrons. The first-order chi connectivity index (χ1) is 8.52. The largest absolute Gasteiger partial charge is 0.380 e. The van der Waals surface area contributed by atoms with Crippen LogP contribution in [0.15, 0.2) is 0 Å². The highest BCUT2D eigenvalue weighted by molar-refractivity contribution is 5.84. The minimum absolute atomic E-state index is 0.220. The van der Waals surface area contributed by atoms with Gasteiger partial charge < -0.3 is 15.4 Å². The summed E-state index contributed by atoms with van der Waals surface area (Å²) in [4.78, 5) is 12.6. The first-order valence-corrected chi connectivity index (χ1v) is 7.11. The normalized spacial score (nSPS) is 38.9. The Bertz CT molecular complexity index is 348. The van der Waals surface area contributed by atoms with Gasteiger partial charge in [0, 0.05) is 19.2 Å². The van der Waals surface area contributed by atoms with E-state index < -0.39 is 0 Å². The van der Waals surface area contributed by atoms with E-state index in [1.165, 1.54) is 0 Å². The van der Waals surface area contributed by atoms with Crippen LogP contribution in [0.4, 0.5) is 0 Å². The smallest absolute Gasteiger partial charge is 0.230 e. The molecule has 4 nitrogen and oxygen atoms in total. The van der Waals surface area contributed by atoms with Gasteiger partial charge in [0.05, 0.1) is 12.0 Å². The highest BCUT2D eigenvalue weighted by Crippen LogP contribution is 2.42. The van der Waals surface area contributed by atoms with Crippen LogP contribution in [0.1, 0.15) is 33.1 Å². The molecule has 2 atom stereocenters. The van der Waals surface area contributed by atoms with E-state index in [4.69, 9.17) is 4.74 Å². The Morgan fingerprint density at radius 1 is 1.39 bits per heavy atom. The molecule has 0 unspecified atom stereocenters. The van der Waals surface area contributed by atoms with Gasteiger partial charge in [-0.3, -0.25) is 4.79 Å². The zero-order chi connectivity index (χ0) is 12.8. The first kappa shape index (κ1) is 12.4. The van der Waals surface area contributed by atoms with Crippen LogP contribution in [-0.2, 0) is 9.53 Å². The number of hydrogen-bond donors (Lipinski definition) is 2. The van der Waals surface area contributed by atoms with Gasteiger partial charge in [0.15, 0.2) is 0 Å². The molecular formula is C14H24N2O2. The van der Waals surface area contributed by atoms with E-state index >= 15 is 0 Å². The van der Waals surface area contributed by atoms with Gasteiger partial charge in [0.25, 0.3) is 0 Å². The summed E-state index contributed by atoms with van der Waals surface area (Å²) in [5.41, 5.74) is 0.115. The minimum atomic E-state index is -0.294. The molecule has 2 N–H and O–H groups in total. The van der Waals surface area contributed by atoms with E-state index in [0.717, 1.165) is 39.0 Å². The Kier molecular flexibility index (Phi) is 2.90. The summed E-state index contributed by atoms with van der Waals surface area (Å²) >= 11 is 0. The Hall–Kier alpha value is -0.610. The molecule has 0 bridgehead atoms. The Morgan fingerprint density at radius 3 is 2.89 bits per heavy atom. The third kappa shape index (κ3) is 1.95. The minimum Gasteiger partial charge on any atom is -0.380 e. The van der Waals surface area contributed by atoms with Crippen LogP contribution in [-0.4, -0.2) is 38.3 Å². The summed E-state index contributed by atoms with van der Waals surface area (Å²) < 4.78 is 5.58. The first-order valence-electron chi connectivity index (χ1n) is 7.11. The SMILES string of the molecule is CC1(C)CC(NC(=O)[C@]23CNC[C@H]2CCOC3)C1. The van der Waals surface area contributed by atoms with Crippen LogP contribution in [0.25, 0.3) is 0 Å². The van der Waals surface area contributed by atoms with Crippen molar-refractivity contribution < 1.29 is 9.53 Å². The maximum absolute atomic E-state index is 12.6. The van der Waals surface area contributed by atoms with E-state index in [0.29, 0.717) is 24.0 Å². The van der Waals surface area contributed by atoms with Gasteiger partial charge in [-0.15, -0.1) is 0 Å². The third-order valence-electron chi connectivity index (χ3n) is 4.97. The second-order valence-electron chi connectivity index (χ2n) is 7.07. The Labute approximate surface area is 109 Å². The second-order valence-corrected chi connectivity index (χ2v) is 7.07. The van der Waals surface area contributed by atoms with Crippen LogP contribution < -0.4 is 10.6 Å². The number of amides is 1. The van der Waals surface area contributed by atoms with Crippen molar-refractivity contribution in [2.75, 3.05) is 26.3 Å². The molecule has 18 heavy (non-hydrogen) atoms. The van der Waals surface area contributed by atoms with Crippen molar-refractivity contribution in [1.82, 2.24) is 10.6 Å². The van der Waals surface area contributed by atoms with Crippen molar-refractivity contribution in [3.05, 3.63) is 0 Å². The molecule has 1 amide bonds. The lowest BCUT2D eigenvalue weighted by atomic mass is 9.67. The van der Waals surface area contributed by atoms with Gasteiger partial charge in [-0.1, -0.05) is 13.8 Å². The fourth-order valence-corrected chi connectivity index (χ4v) is 3.87. The molecule has 0 spiro atoms. The van der Waals surface area contributed by atoms with Crippen molar-refractivity contribution in [2.45, 2.75) is 39.2 Å². The average molecular weight is 252 g/mol. The van der Waals surface area contributed by atoms with Crippen molar-refractivity contribution in [1.29, 1.82) is 0 Å². The summed E-state index contributed by atoms with van der Waals surface area (Å²) in [7, 11) is 0. The number of carbonyl (C=O) groups excluding carboxylic acids is 1. The van der Waals surface area contributed by atoms with Gasteiger partial charge >= 0.3 is 0 Å². The lowest BCUT2D eigenvalue weighted by molar-refractivity contribution is -0.143. The zero-order valence-corrected chi connectivity index (χ0v) is 11.4. The monoisotopic (exact) mass is 252 g/mol. The molecule has 1 aliphatic carbocycles. The molecule has 3 rings (SSSR count). The van der Waals surface area contributed by atoms with Gasteiger partial charge in [-0.05, 0) is 37.1 Å². The predicted molar refractivity (Wildman–Crippen MR) is 69.2 cm³/mol. The number of ether oxygens (including phenoxy) is 1. The average Bonchev–Trinajstić information content (AvgIpc) is 2.71. The van der Waals surface area contributed by atoms with Gasteiger partial charge in [-0.2, -0.15) is 0 Å². The molecule has 0 aromatic rings. The molecule has 2 heterocycles. The number of rotatable bonds is 2. The van der Waals surface area contributed by atoms with Gasteiger partial charge in [0.2, 0.25) is 5.91 Å². The lowest BCUT2D eigenvalue weighted by Gasteiger charge is -2.45. The van der Waals surface area contributed by atoms with Crippen LogP contribution in [0, 0.1) is 16.7 Å². The van der Waals surface area contributed by atoms with Crippen LogP contribution in [0.5, 0.6) is 0 Å². The summed E-state index contributed by atoms with van der Waals surface area (Å²) in [6, 6.07) is 0.380. The van der Waals surface area contributed by atoms with E-state index in [1.807, 2.05) is 0 Å². The van der Waals surface area contributed by atoms with E-state index in [2.05, 4.69) is 24.5 Å². The van der Waals surface area contributed by atoms with Gasteiger partial charge in [-0.25, -0.2) is 0 Å². The van der Waals surface area contributed by atoms with Crippen molar-refractivity contribution in [3.63, 3.8) is 0 Å². The summed E-state index contributed by atoms with van der Waals surface area (Å²) in [5, 5.41) is 6.62. The van der Waals surface area contributed by atoms with Crippen molar-refractivity contribution >= 4 is 5.91 Å². The van der Waals surface area contributed by atoms with Gasteiger partial charge in [0.1, 0.15) is 0 Å². The van der Waals surface area contributed by atoms with E-state index in [1.54, 1.807) is 0 Å². The quantitative estimate of drug-likeness (QED) is 0.768. The molecule has 2 aliphatic heterocycles. The number of hydrogen-bond acceptors (Lipinski definition) is 3. The summed E-state index contributed by atoms with van der Waals surface area (Å²) in [5.74, 6) is 0.678. The van der Waals surface area contributed by atoms with Crippen LogP contribution >= 0.6 is 0 Å². The molecule has 0 aromatic heterocycles. The number of carbonyl (C=O) groups is 1. The lowest BCUT2D eigenvalue weighted by Crippen LogP contribution is -2.57. The Balaban J connectivity index is 1.64. The molecule has 4 heteroatoms. The fourth-order valence-electron chi connectivity index (χ4n) is 3.87. The molecule has 1 saturated carbocycles. The van der Waals surface area contributed by atoms with Crippen LogP contribution in [0.3, 0.4) is 0 Å². The fraction of sp³-hybridized carbons (Fsp3) is 0.929. The number of nitrogens with one attached hydrogen (secondary N) is 2.